The summed E-state index contributed by atoms with van der Waals surface area (Å²) < 4.78 is 69.3. The first-order valence-electron chi connectivity index (χ1n) is 10.2. The maximum Gasteiger partial charge on any atom is 0.433 e. The van der Waals surface area contributed by atoms with Crippen molar-refractivity contribution in [1.82, 2.24) is 24.5 Å². The highest BCUT2D eigenvalue weighted by Crippen LogP contribution is 2.44. The van der Waals surface area contributed by atoms with Crippen LogP contribution in [0.15, 0.2) is 18.3 Å². The van der Waals surface area contributed by atoms with E-state index in [-0.39, 0.29) is 32.0 Å². The number of hydrogen-bond acceptors (Lipinski definition) is 6. The molecule has 4 heterocycles. The Bertz CT molecular complexity index is 1500. The molecule has 0 unspecified atom stereocenters. The minimum atomic E-state index is -4.79. The van der Waals surface area contributed by atoms with Gasteiger partial charge in [0.05, 0.1) is 11.9 Å². The molecule has 0 radical (unpaired) electrons. The lowest BCUT2D eigenvalue weighted by molar-refractivity contribution is -0.140. The van der Waals surface area contributed by atoms with E-state index in [0.717, 1.165) is 16.8 Å². The molecule has 4 aromatic rings. The van der Waals surface area contributed by atoms with Gasteiger partial charge in [0.1, 0.15) is 27.6 Å². The zero-order chi connectivity index (χ0) is 26.5. The lowest BCUT2D eigenvalue weighted by Gasteiger charge is -2.12. The van der Waals surface area contributed by atoms with Crippen LogP contribution in [0.1, 0.15) is 38.9 Å². The van der Waals surface area contributed by atoms with Crippen LogP contribution in [0.2, 0.25) is 0 Å². The molecule has 0 aromatic carbocycles. The van der Waals surface area contributed by atoms with E-state index in [1.54, 1.807) is 14.0 Å². The van der Waals surface area contributed by atoms with E-state index >= 15 is 0 Å². The van der Waals surface area contributed by atoms with Gasteiger partial charge < -0.3 is 11.1 Å². The van der Waals surface area contributed by atoms with Gasteiger partial charge in [-0.2, -0.15) is 23.4 Å². The number of amides is 2. The van der Waals surface area contributed by atoms with Crippen molar-refractivity contribution in [2.45, 2.75) is 33.0 Å². The van der Waals surface area contributed by atoms with Crippen LogP contribution in [0.3, 0.4) is 0 Å². The number of anilines is 1. The summed E-state index contributed by atoms with van der Waals surface area (Å²) in [6, 6.07) is 1.94. The fourth-order valence-electron chi connectivity index (χ4n) is 3.63. The molecule has 0 spiro atoms. The van der Waals surface area contributed by atoms with E-state index in [1.165, 1.54) is 17.8 Å². The van der Waals surface area contributed by atoms with Crippen molar-refractivity contribution in [3.8, 4) is 11.1 Å². The molecule has 2 amide bonds. The quantitative estimate of drug-likeness (QED) is 0.364. The van der Waals surface area contributed by atoms with E-state index in [9.17, 15) is 31.5 Å². The first kappa shape index (κ1) is 25.2. The van der Waals surface area contributed by atoms with Crippen molar-refractivity contribution in [3.05, 3.63) is 46.0 Å². The van der Waals surface area contributed by atoms with Gasteiger partial charge in [0.25, 0.3) is 12.3 Å². The fraction of sp³-hybridized carbons (Fsp3) is 0.286. The van der Waals surface area contributed by atoms with Crippen molar-refractivity contribution in [2.24, 2.45) is 12.8 Å². The molecule has 0 aliphatic heterocycles. The van der Waals surface area contributed by atoms with E-state index in [1.807, 2.05) is 0 Å². The summed E-state index contributed by atoms with van der Waals surface area (Å²) >= 11 is 0.594. The number of carbonyl (C=O) groups is 2. The number of alkyl halides is 5. The highest BCUT2D eigenvalue weighted by atomic mass is 32.1. The number of primary amides is 1. The summed E-state index contributed by atoms with van der Waals surface area (Å²) in [6.45, 7) is 2.62. The van der Waals surface area contributed by atoms with Crippen LogP contribution in [-0.4, -0.2) is 36.4 Å². The van der Waals surface area contributed by atoms with Crippen LogP contribution < -0.4 is 11.1 Å². The zero-order valence-electron chi connectivity index (χ0n) is 18.9. The number of nitrogens with one attached hydrogen (secondary N) is 1. The highest BCUT2D eigenvalue weighted by molar-refractivity contribution is 7.21. The normalized spacial score (nSPS) is 12.0. The predicted octanol–water partition coefficient (Wildman–Crippen LogP) is 4.20. The Kier molecular flexibility index (Phi) is 6.28. The van der Waals surface area contributed by atoms with Gasteiger partial charge in [0, 0.05) is 29.4 Å². The van der Waals surface area contributed by atoms with Gasteiger partial charge >= 0.3 is 6.18 Å². The number of aromatic nitrogens is 5. The van der Waals surface area contributed by atoms with Crippen LogP contribution >= 0.6 is 11.3 Å². The standard InChI is InChI=1S/C21H18F5N7O2S/c1-8-4-12(18(22)23)31-33(8)7-14(34)30-16-15-10(11-6-28-32(3)9(11)2)5-13(21(24,25)26)29-20(15)36-17(16)19(27)35/h4-6,18H,7H2,1-3H3,(H2,27,35)(H,30,34). The minimum absolute atomic E-state index is 0.0345. The molecule has 0 atom stereocenters. The second-order valence-corrected chi connectivity index (χ2v) is 8.89. The number of hydrogen-bond donors (Lipinski definition) is 2. The van der Waals surface area contributed by atoms with E-state index in [0.29, 0.717) is 22.6 Å². The topological polar surface area (TPSA) is 121 Å². The number of fused-ring (bicyclic) bond motifs is 1. The number of carbonyl (C=O) groups excluding carboxylic acids is 2. The summed E-state index contributed by atoms with van der Waals surface area (Å²) in [5, 5.41) is 10.3. The van der Waals surface area contributed by atoms with Crippen LogP contribution in [0.25, 0.3) is 21.3 Å². The first-order chi connectivity index (χ1) is 16.8. The molecular formula is C21H18F5N7O2S. The number of nitrogens with two attached hydrogens (primary N) is 1. The first-order valence-corrected chi connectivity index (χ1v) is 11.1. The molecule has 36 heavy (non-hydrogen) atoms. The average molecular weight is 527 g/mol. The smallest absolute Gasteiger partial charge is 0.365 e. The number of rotatable bonds is 6. The molecular weight excluding hydrogens is 509 g/mol. The molecule has 0 saturated heterocycles. The molecule has 0 aliphatic carbocycles. The summed E-state index contributed by atoms with van der Waals surface area (Å²) in [5.74, 6) is -1.76. The molecule has 190 valence electrons. The van der Waals surface area contributed by atoms with Crippen LogP contribution in [-0.2, 0) is 24.6 Å². The number of pyridine rings is 1. The van der Waals surface area contributed by atoms with Crippen molar-refractivity contribution in [2.75, 3.05) is 5.32 Å². The molecule has 3 N–H and O–H groups in total. The van der Waals surface area contributed by atoms with Gasteiger partial charge in [0.2, 0.25) is 5.91 Å². The van der Waals surface area contributed by atoms with E-state index in [2.05, 4.69) is 20.5 Å². The SMILES string of the molecule is Cc1c(-c2cc(C(F)(F)F)nc3sc(C(N)=O)c(NC(=O)Cn4nc(C(F)F)cc4C)c23)cnn1C. The Labute approximate surface area is 203 Å². The molecule has 0 fully saturated rings. The molecule has 0 aliphatic rings. The highest BCUT2D eigenvalue weighted by Gasteiger charge is 2.35. The summed E-state index contributed by atoms with van der Waals surface area (Å²) in [6.07, 6.45) is -6.27. The third kappa shape index (κ3) is 4.53. The largest absolute Gasteiger partial charge is 0.433 e. The molecule has 9 nitrogen and oxygen atoms in total. The maximum absolute atomic E-state index is 13.6. The Balaban J connectivity index is 1.87. The van der Waals surface area contributed by atoms with E-state index < -0.39 is 42.3 Å². The minimum Gasteiger partial charge on any atom is -0.365 e. The fourth-order valence-corrected chi connectivity index (χ4v) is 4.64. The lowest BCUT2D eigenvalue weighted by atomic mass is 10.0. The van der Waals surface area contributed by atoms with Gasteiger partial charge in [0.15, 0.2) is 0 Å². The second kappa shape index (κ2) is 8.96. The van der Waals surface area contributed by atoms with Crippen LogP contribution in [0.4, 0.5) is 27.6 Å². The van der Waals surface area contributed by atoms with Gasteiger partial charge in [-0.3, -0.25) is 19.0 Å². The van der Waals surface area contributed by atoms with Crippen molar-refractivity contribution in [1.29, 1.82) is 0 Å². The van der Waals surface area contributed by atoms with Gasteiger partial charge in [-0.25, -0.2) is 13.8 Å². The summed E-state index contributed by atoms with van der Waals surface area (Å²) in [5.41, 5.74) is 4.78. The second-order valence-electron chi connectivity index (χ2n) is 7.89. The lowest BCUT2D eigenvalue weighted by Crippen LogP contribution is -2.22. The number of thiophene rings is 1. The Morgan fingerprint density at radius 1 is 1.19 bits per heavy atom. The maximum atomic E-state index is 13.6. The molecule has 0 saturated carbocycles. The van der Waals surface area contributed by atoms with Crippen molar-refractivity contribution in [3.63, 3.8) is 0 Å². The van der Waals surface area contributed by atoms with Gasteiger partial charge in [-0.15, -0.1) is 11.3 Å². The Morgan fingerprint density at radius 3 is 2.42 bits per heavy atom. The van der Waals surface area contributed by atoms with Gasteiger partial charge in [-0.1, -0.05) is 0 Å². The summed E-state index contributed by atoms with van der Waals surface area (Å²) in [4.78, 5) is 28.3. The monoisotopic (exact) mass is 527 g/mol. The molecule has 4 rings (SSSR count). The zero-order valence-corrected chi connectivity index (χ0v) is 19.8. The predicted molar refractivity (Wildman–Crippen MR) is 121 cm³/mol. The number of aryl methyl sites for hydroxylation is 2. The van der Waals surface area contributed by atoms with Crippen LogP contribution in [0, 0.1) is 13.8 Å². The third-order valence-electron chi connectivity index (χ3n) is 5.48. The molecule has 15 heteroatoms. The Morgan fingerprint density at radius 2 is 1.89 bits per heavy atom. The Hall–Kier alpha value is -3.88. The van der Waals surface area contributed by atoms with Gasteiger partial charge in [-0.05, 0) is 31.5 Å². The van der Waals surface area contributed by atoms with Crippen LogP contribution in [0.5, 0.6) is 0 Å². The molecule has 4 aromatic heterocycles. The van der Waals surface area contributed by atoms with E-state index in [4.69, 9.17) is 5.73 Å². The van der Waals surface area contributed by atoms with Crippen molar-refractivity contribution >= 4 is 39.1 Å². The average Bonchev–Trinajstić information content (AvgIpc) is 3.43. The number of nitrogens with zero attached hydrogens (tertiary/aromatic N) is 5. The molecule has 0 bridgehead atoms. The number of halogens is 5. The third-order valence-corrected chi connectivity index (χ3v) is 6.58. The summed E-state index contributed by atoms with van der Waals surface area (Å²) in [7, 11) is 1.60. The van der Waals surface area contributed by atoms with Crippen molar-refractivity contribution < 1.29 is 31.5 Å².